The van der Waals surface area contributed by atoms with Crippen LogP contribution in [0.25, 0.3) is 0 Å². The number of carboxylic acid groups (broad SMARTS) is 1. The monoisotopic (exact) mass is 307 g/mol. The highest BCUT2D eigenvalue weighted by Gasteiger charge is 2.18. The fourth-order valence-electron chi connectivity index (χ4n) is 1.81. The summed E-state index contributed by atoms with van der Waals surface area (Å²) in [6, 6.07) is 11.6. The summed E-state index contributed by atoms with van der Waals surface area (Å²) in [4.78, 5) is 10.4. The average Bonchev–Trinajstić information content (AvgIpc) is 2.38. The number of sulfonamides is 1. The van der Waals surface area contributed by atoms with Gasteiger partial charge < -0.3 is 10.2 Å². The Bertz CT molecular complexity index is 770. The van der Waals surface area contributed by atoms with E-state index in [1.807, 2.05) is 0 Å². The number of carboxylic acids is 1. The molecule has 2 aromatic rings. The second-order valence-corrected chi connectivity index (χ2v) is 5.99. The van der Waals surface area contributed by atoms with Gasteiger partial charge in [0.15, 0.2) is 0 Å². The molecule has 6 nitrogen and oxygen atoms in total. The van der Waals surface area contributed by atoms with E-state index < -0.39 is 16.0 Å². The third kappa shape index (κ3) is 3.73. The fraction of sp³-hybridized carbons (Fsp3) is 0.0714. The lowest BCUT2D eigenvalue weighted by atomic mass is 10.1. The highest BCUT2D eigenvalue weighted by atomic mass is 32.2. The van der Waals surface area contributed by atoms with Crippen molar-refractivity contribution in [2.24, 2.45) is 0 Å². The zero-order valence-corrected chi connectivity index (χ0v) is 11.7. The molecule has 0 bridgehead atoms. The molecule has 0 heterocycles. The molecule has 0 atom stereocenters. The zero-order chi connectivity index (χ0) is 15.5. The van der Waals surface area contributed by atoms with Crippen molar-refractivity contribution in [2.45, 2.75) is 11.3 Å². The Morgan fingerprint density at radius 3 is 2.48 bits per heavy atom. The standard InChI is InChI=1S/C14H13NO5S/c16-12-6-1-2-7-13(12)21(19,20)15-11-5-3-4-10(8-11)9-14(17)18/h1-8,15-16H,9H2,(H,17,18). The summed E-state index contributed by atoms with van der Waals surface area (Å²) in [6.45, 7) is 0. The van der Waals surface area contributed by atoms with E-state index >= 15 is 0 Å². The lowest BCUT2D eigenvalue weighted by Crippen LogP contribution is -2.13. The molecule has 7 heteroatoms. The fourth-order valence-corrected chi connectivity index (χ4v) is 2.96. The van der Waals surface area contributed by atoms with Crippen molar-refractivity contribution in [1.82, 2.24) is 0 Å². The number of aliphatic carboxylic acids is 1. The Morgan fingerprint density at radius 1 is 1.10 bits per heavy atom. The van der Waals surface area contributed by atoms with Crippen molar-refractivity contribution >= 4 is 21.7 Å². The number of phenols is 1. The van der Waals surface area contributed by atoms with Gasteiger partial charge in [-0.15, -0.1) is 0 Å². The Labute approximate surface area is 121 Å². The van der Waals surface area contributed by atoms with Crippen LogP contribution >= 0.6 is 0 Å². The second-order valence-electron chi connectivity index (χ2n) is 4.34. The molecule has 0 radical (unpaired) electrons. The molecule has 21 heavy (non-hydrogen) atoms. The van der Waals surface area contributed by atoms with Gasteiger partial charge in [0, 0.05) is 5.69 Å². The lowest BCUT2D eigenvalue weighted by Gasteiger charge is -2.10. The maximum atomic E-state index is 12.2. The number of aromatic hydroxyl groups is 1. The molecule has 0 saturated carbocycles. The predicted molar refractivity (Wildman–Crippen MR) is 76.7 cm³/mol. The second kappa shape index (κ2) is 5.84. The van der Waals surface area contributed by atoms with Crippen molar-refractivity contribution in [3.8, 4) is 5.75 Å². The third-order valence-corrected chi connectivity index (χ3v) is 4.12. The van der Waals surface area contributed by atoms with Gasteiger partial charge in [-0.1, -0.05) is 24.3 Å². The van der Waals surface area contributed by atoms with Gasteiger partial charge in [-0.05, 0) is 29.8 Å². The normalized spacial score (nSPS) is 11.0. The van der Waals surface area contributed by atoms with Gasteiger partial charge in [-0.2, -0.15) is 0 Å². The number of anilines is 1. The average molecular weight is 307 g/mol. The number of benzene rings is 2. The molecule has 0 aliphatic rings. The Kier molecular flexibility index (Phi) is 4.13. The number of rotatable bonds is 5. The molecule has 0 aliphatic heterocycles. The summed E-state index contributed by atoms with van der Waals surface area (Å²) in [5.41, 5.74) is 0.706. The molecule has 0 spiro atoms. The van der Waals surface area contributed by atoms with E-state index in [0.717, 1.165) is 0 Å². The van der Waals surface area contributed by atoms with Crippen LogP contribution in [0.3, 0.4) is 0 Å². The van der Waals surface area contributed by atoms with Crippen LogP contribution in [-0.2, 0) is 21.2 Å². The van der Waals surface area contributed by atoms with Gasteiger partial charge in [0.2, 0.25) is 0 Å². The minimum atomic E-state index is -3.94. The summed E-state index contributed by atoms with van der Waals surface area (Å²) in [7, 11) is -3.94. The van der Waals surface area contributed by atoms with E-state index in [-0.39, 0.29) is 22.8 Å². The summed E-state index contributed by atoms with van der Waals surface area (Å²) < 4.78 is 26.6. The Hall–Kier alpha value is -2.54. The largest absolute Gasteiger partial charge is 0.507 e. The number of hydrogen-bond acceptors (Lipinski definition) is 4. The van der Waals surface area contributed by atoms with Crippen LogP contribution in [0.2, 0.25) is 0 Å². The van der Waals surface area contributed by atoms with Crippen LogP contribution < -0.4 is 4.72 Å². The summed E-state index contributed by atoms with van der Waals surface area (Å²) >= 11 is 0. The molecular formula is C14H13NO5S. The van der Waals surface area contributed by atoms with Crippen LogP contribution in [0.4, 0.5) is 5.69 Å². The molecule has 110 valence electrons. The number of nitrogens with one attached hydrogen (secondary N) is 1. The first-order valence-electron chi connectivity index (χ1n) is 6.00. The molecule has 2 rings (SSSR count). The summed E-state index contributed by atoms with van der Waals surface area (Å²) in [6.07, 6.45) is -0.202. The van der Waals surface area contributed by atoms with E-state index in [4.69, 9.17) is 5.11 Å². The van der Waals surface area contributed by atoms with Crippen LogP contribution in [0.1, 0.15) is 5.56 Å². The molecule has 0 aromatic heterocycles. The van der Waals surface area contributed by atoms with Gasteiger partial charge >= 0.3 is 5.97 Å². The lowest BCUT2D eigenvalue weighted by molar-refractivity contribution is -0.136. The molecule has 0 aliphatic carbocycles. The maximum Gasteiger partial charge on any atom is 0.307 e. The SMILES string of the molecule is O=C(O)Cc1cccc(NS(=O)(=O)c2ccccc2O)c1. The summed E-state index contributed by atoms with van der Waals surface area (Å²) in [5, 5.41) is 18.3. The van der Waals surface area contributed by atoms with Crippen molar-refractivity contribution < 1.29 is 23.4 Å². The first kappa shape index (κ1) is 14.9. The molecule has 3 N–H and O–H groups in total. The van der Waals surface area contributed by atoms with Crippen LogP contribution in [0.5, 0.6) is 5.75 Å². The van der Waals surface area contributed by atoms with Crippen molar-refractivity contribution in [2.75, 3.05) is 4.72 Å². The Balaban J connectivity index is 2.29. The maximum absolute atomic E-state index is 12.2. The predicted octanol–water partition coefficient (Wildman–Crippen LogP) is 1.82. The smallest absolute Gasteiger partial charge is 0.307 e. The van der Waals surface area contributed by atoms with Crippen molar-refractivity contribution in [1.29, 1.82) is 0 Å². The van der Waals surface area contributed by atoms with Gasteiger partial charge in [0.05, 0.1) is 6.42 Å². The van der Waals surface area contributed by atoms with Gasteiger partial charge in [-0.3, -0.25) is 9.52 Å². The van der Waals surface area contributed by atoms with E-state index in [1.165, 1.54) is 36.4 Å². The molecule has 0 amide bonds. The minimum absolute atomic E-state index is 0.202. The van der Waals surface area contributed by atoms with Crippen LogP contribution in [0.15, 0.2) is 53.4 Å². The van der Waals surface area contributed by atoms with Gasteiger partial charge in [-0.25, -0.2) is 8.42 Å². The van der Waals surface area contributed by atoms with E-state index in [1.54, 1.807) is 12.1 Å². The third-order valence-electron chi connectivity index (χ3n) is 2.69. The highest BCUT2D eigenvalue weighted by molar-refractivity contribution is 7.92. The number of hydrogen-bond donors (Lipinski definition) is 3. The molecular weight excluding hydrogens is 294 g/mol. The van der Waals surface area contributed by atoms with E-state index in [2.05, 4.69) is 4.72 Å². The first-order valence-corrected chi connectivity index (χ1v) is 7.48. The van der Waals surface area contributed by atoms with Crippen LogP contribution in [0, 0.1) is 0 Å². The van der Waals surface area contributed by atoms with Crippen molar-refractivity contribution in [3.05, 3.63) is 54.1 Å². The molecule has 0 fully saturated rings. The van der Waals surface area contributed by atoms with Crippen LogP contribution in [-0.4, -0.2) is 24.6 Å². The van der Waals surface area contributed by atoms with Gasteiger partial charge in [0.1, 0.15) is 10.6 Å². The Morgan fingerprint density at radius 2 is 1.81 bits per heavy atom. The zero-order valence-electron chi connectivity index (χ0n) is 10.9. The van der Waals surface area contributed by atoms with Gasteiger partial charge in [0.25, 0.3) is 10.0 Å². The number of phenolic OH excluding ortho intramolecular Hbond substituents is 1. The van der Waals surface area contributed by atoms with Crippen molar-refractivity contribution in [3.63, 3.8) is 0 Å². The number of carbonyl (C=O) groups is 1. The molecule has 0 saturated heterocycles. The highest BCUT2D eigenvalue weighted by Crippen LogP contribution is 2.24. The van der Waals surface area contributed by atoms with E-state index in [0.29, 0.717) is 5.56 Å². The minimum Gasteiger partial charge on any atom is -0.507 e. The first-order chi connectivity index (χ1) is 9.88. The molecule has 2 aromatic carbocycles. The quantitative estimate of drug-likeness (QED) is 0.781. The summed E-state index contributed by atoms with van der Waals surface area (Å²) in [5.74, 6) is -1.36. The number of para-hydroxylation sites is 1. The molecule has 0 unspecified atom stereocenters. The topological polar surface area (TPSA) is 104 Å². The van der Waals surface area contributed by atoms with E-state index in [9.17, 15) is 18.3 Å².